The number of nitrogens with zero attached hydrogens (tertiary/aromatic N) is 2. The smallest absolute Gasteiger partial charge is 0.263 e. The number of rotatable bonds is 2. The standard InChI is InChI=1S/C11H8FN3O2/c12-7-2-1-3-8(16)10(7)11(17)15-9-6-13-4-5-14-9/h1-6,16H,(H,14,15,17). The minimum absolute atomic E-state index is 0.181. The van der Waals surface area contributed by atoms with Gasteiger partial charge in [0.15, 0.2) is 5.82 Å². The molecule has 0 spiro atoms. The van der Waals surface area contributed by atoms with E-state index in [-0.39, 0.29) is 5.82 Å². The van der Waals surface area contributed by atoms with Gasteiger partial charge in [0.1, 0.15) is 17.1 Å². The zero-order chi connectivity index (χ0) is 12.3. The van der Waals surface area contributed by atoms with Crippen LogP contribution in [0.2, 0.25) is 0 Å². The van der Waals surface area contributed by atoms with E-state index in [0.717, 1.165) is 6.07 Å². The molecule has 0 bridgehead atoms. The molecule has 6 heteroatoms. The summed E-state index contributed by atoms with van der Waals surface area (Å²) < 4.78 is 13.3. The number of phenolic OH excluding ortho intramolecular Hbond substituents is 1. The molecule has 17 heavy (non-hydrogen) atoms. The van der Waals surface area contributed by atoms with Crippen LogP contribution in [0.1, 0.15) is 10.4 Å². The van der Waals surface area contributed by atoms with Crippen molar-refractivity contribution in [2.45, 2.75) is 0 Å². The Morgan fingerprint density at radius 3 is 2.82 bits per heavy atom. The van der Waals surface area contributed by atoms with E-state index in [4.69, 9.17) is 0 Å². The summed E-state index contributed by atoms with van der Waals surface area (Å²) in [5.74, 6) is -1.82. The van der Waals surface area contributed by atoms with Gasteiger partial charge in [-0.15, -0.1) is 0 Å². The van der Waals surface area contributed by atoms with Gasteiger partial charge < -0.3 is 10.4 Å². The number of nitrogens with one attached hydrogen (secondary N) is 1. The van der Waals surface area contributed by atoms with Crippen LogP contribution >= 0.6 is 0 Å². The Hall–Kier alpha value is -2.50. The van der Waals surface area contributed by atoms with Crippen molar-refractivity contribution in [3.05, 3.63) is 48.2 Å². The molecule has 0 atom stereocenters. The van der Waals surface area contributed by atoms with Gasteiger partial charge in [0.2, 0.25) is 0 Å². The van der Waals surface area contributed by atoms with E-state index < -0.39 is 23.0 Å². The van der Waals surface area contributed by atoms with Crippen molar-refractivity contribution in [1.82, 2.24) is 9.97 Å². The largest absolute Gasteiger partial charge is 0.507 e. The fourth-order valence-corrected chi connectivity index (χ4v) is 1.28. The number of benzene rings is 1. The highest BCUT2D eigenvalue weighted by molar-refractivity contribution is 6.05. The van der Waals surface area contributed by atoms with Crippen LogP contribution in [0.5, 0.6) is 5.75 Å². The van der Waals surface area contributed by atoms with Crippen molar-refractivity contribution in [3.8, 4) is 5.75 Å². The highest BCUT2D eigenvalue weighted by Crippen LogP contribution is 2.20. The summed E-state index contributed by atoms with van der Waals surface area (Å²) in [5.41, 5.74) is -0.418. The van der Waals surface area contributed by atoms with Gasteiger partial charge in [-0.1, -0.05) is 6.07 Å². The number of carbonyl (C=O) groups excluding carboxylic acids is 1. The Bertz CT molecular complexity index is 525. The zero-order valence-corrected chi connectivity index (χ0v) is 8.59. The maximum Gasteiger partial charge on any atom is 0.263 e. The predicted octanol–water partition coefficient (Wildman–Crippen LogP) is 1.57. The molecule has 0 radical (unpaired) electrons. The van der Waals surface area contributed by atoms with Crippen LogP contribution in [0.3, 0.4) is 0 Å². The van der Waals surface area contributed by atoms with Crippen LogP contribution in [0.4, 0.5) is 10.2 Å². The second-order valence-electron chi connectivity index (χ2n) is 3.18. The Labute approximate surface area is 96.0 Å². The second kappa shape index (κ2) is 4.56. The number of aromatic hydroxyl groups is 1. The average Bonchev–Trinajstić information content (AvgIpc) is 2.30. The summed E-state index contributed by atoms with van der Waals surface area (Å²) in [5, 5.41) is 11.7. The van der Waals surface area contributed by atoms with Gasteiger partial charge in [-0.05, 0) is 12.1 Å². The molecule has 5 nitrogen and oxygen atoms in total. The van der Waals surface area contributed by atoms with Crippen LogP contribution in [0.15, 0.2) is 36.8 Å². The second-order valence-corrected chi connectivity index (χ2v) is 3.18. The number of amides is 1. The highest BCUT2D eigenvalue weighted by Gasteiger charge is 2.16. The number of phenols is 1. The quantitative estimate of drug-likeness (QED) is 0.825. The van der Waals surface area contributed by atoms with Gasteiger partial charge in [0.05, 0.1) is 6.20 Å². The third-order valence-corrected chi connectivity index (χ3v) is 2.02. The SMILES string of the molecule is O=C(Nc1cnccn1)c1c(O)cccc1F. The molecule has 0 aliphatic heterocycles. The van der Waals surface area contributed by atoms with Gasteiger partial charge in [-0.3, -0.25) is 9.78 Å². The Morgan fingerprint density at radius 1 is 1.35 bits per heavy atom. The highest BCUT2D eigenvalue weighted by atomic mass is 19.1. The normalized spacial score (nSPS) is 9.94. The molecule has 2 aromatic rings. The molecule has 0 saturated heterocycles. The van der Waals surface area contributed by atoms with Gasteiger partial charge in [0, 0.05) is 12.4 Å². The molecule has 0 aliphatic rings. The predicted molar refractivity (Wildman–Crippen MR) is 58.1 cm³/mol. The van der Waals surface area contributed by atoms with Crippen LogP contribution in [0.25, 0.3) is 0 Å². The first-order valence-electron chi connectivity index (χ1n) is 4.73. The van der Waals surface area contributed by atoms with Gasteiger partial charge in [-0.25, -0.2) is 9.37 Å². The molecule has 2 rings (SSSR count). The minimum Gasteiger partial charge on any atom is -0.507 e. The van der Waals surface area contributed by atoms with Crippen LogP contribution in [-0.4, -0.2) is 21.0 Å². The van der Waals surface area contributed by atoms with Crippen molar-refractivity contribution in [2.75, 3.05) is 5.32 Å². The average molecular weight is 233 g/mol. The number of halogens is 1. The third kappa shape index (κ3) is 2.36. The van der Waals surface area contributed by atoms with Crippen molar-refractivity contribution >= 4 is 11.7 Å². The van der Waals surface area contributed by atoms with Gasteiger partial charge in [0.25, 0.3) is 5.91 Å². The van der Waals surface area contributed by atoms with Crippen LogP contribution in [-0.2, 0) is 0 Å². The number of aromatic nitrogens is 2. The number of carbonyl (C=O) groups is 1. The lowest BCUT2D eigenvalue weighted by atomic mass is 10.2. The van der Waals surface area contributed by atoms with Gasteiger partial charge >= 0.3 is 0 Å². The first-order chi connectivity index (χ1) is 8.18. The molecule has 1 heterocycles. The monoisotopic (exact) mass is 233 g/mol. The summed E-state index contributed by atoms with van der Waals surface area (Å²) >= 11 is 0. The summed E-state index contributed by atoms with van der Waals surface area (Å²) in [6.45, 7) is 0. The lowest BCUT2D eigenvalue weighted by Crippen LogP contribution is -2.15. The molecule has 86 valence electrons. The van der Waals surface area contributed by atoms with Crippen molar-refractivity contribution < 1.29 is 14.3 Å². The first kappa shape index (κ1) is 11.0. The molecule has 1 aromatic heterocycles. The summed E-state index contributed by atoms with van der Waals surface area (Å²) in [4.78, 5) is 19.2. The fraction of sp³-hybridized carbons (Fsp3) is 0. The van der Waals surface area contributed by atoms with E-state index in [1.165, 1.54) is 30.7 Å². The number of hydrogen-bond acceptors (Lipinski definition) is 4. The molecule has 1 amide bonds. The molecule has 0 saturated carbocycles. The summed E-state index contributed by atoms with van der Waals surface area (Å²) in [6, 6.07) is 3.63. The van der Waals surface area contributed by atoms with Gasteiger partial charge in [-0.2, -0.15) is 0 Å². The number of hydrogen-bond donors (Lipinski definition) is 2. The Kier molecular flexibility index (Phi) is 2.95. The van der Waals surface area contributed by atoms with E-state index in [0.29, 0.717) is 0 Å². The molecule has 0 unspecified atom stereocenters. The molecular formula is C11H8FN3O2. The van der Waals surface area contributed by atoms with E-state index in [1.54, 1.807) is 0 Å². The summed E-state index contributed by atoms with van der Waals surface area (Å²) in [6.07, 6.45) is 4.14. The third-order valence-electron chi connectivity index (χ3n) is 2.02. The maximum atomic E-state index is 13.3. The maximum absolute atomic E-state index is 13.3. The molecule has 0 aliphatic carbocycles. The lowest BCUT2D eigenvalue weighted by Gasteiger charge is -2.06. The Balaban J connectivity index is 2.27. The number of anilines is 1. The lowest BCUT2D eigenvalue weighted by molar-refractivity contribution is 0.102. The molecule has 1 aromatic carbocycles. The molecule has 2 N–H and O–H groups in total. The molecule has 0 fully saturated rings. The zero-order valence-electron chi connectivity index (χ0n) is 8.59. The van der Waals surface area contributed by atoms with Crippen molar-refractivity contribution in [1.29, 1.82) is 0 Å². The van der Waals surface area contributed by atoms with Crippen molar-refractivity contribution in [2.24, 2.45) is 0 Å². The minimum atomic E-state index is -0.800. The molecular weight excluding hydrogens is 225 g/mol. The first-order valence-corrected chi connectivity index (χ1v) is 4.73. The van der Waals surface area contributed by atoms with Crippen LogP contribution in [0, 0.1) is 5.82 Å². The fourth-order valence-electron chi connectivity index (χ4n) is 1.28. The van der Waals surface area contributed by atoms with Crippen molar-refractivity contribution in [3.63, 3.8) is 0 Å². The Morgan fingerprint density at radius 2 is 2.18 bits per heavy atom. The van der Waals surface area contributed by atoms with E-state index in [9.17, 15) is 14.3 Å². The topological polar surface area (TPSA) is 75.1 Å². The van der Waals surface area contributed by atoms with E-state index in [1.807, 2.05) is 0 Å². The summed E-state index contributed by atoms with van der Waals surface area (Å²) in [7, 11) is 0. The van der Waals surface area contributed by atoms with E-state index in [2.05, 4.69) is 15.3 Å². The van der Waals surface area contributed by atoms with E-state index >= 15 is 0 Å². The van der Waals surface area contributed by atoms with Crippen LogP contribution < -0.4 is 5.32 Å².